The Kier molecular flexibility index (Phi) is 1.23. The summed E-state index contributed by atoms with van der Waals surface area (Å²) < 4.78 is 0. The molecular weight excluding hydrogens is 120 g/mol. The van der Waals surface area contributed by atoms with Gasteiger partial charge in [0.25, 0.3) is 0 Å². The van der Waals surface area contributed by atoms with E-state index in [9.17, 15) is 0 Å². The van der Waals surface area contributed by atoms with Gasteiger partial charge in [0.15, 0.2) is 0 Å². The third kappa shape index (κ3) is 0.622. The van der Waals surface area contributed by atoms with Crippen molar-refractivity contribution in [1.29, 1.82) is 0 Å². The van der Waals surface area contributed by atoms with Crippen LogP contribution in [0.3, 0.4) is 0 Å². The molecule has 0 N–H and O–H groups in total. The summed E-state index contributed by atoms with van der Waals surface area (Å²) in [5.74, 6) is 1.68. The van der Waals surface area contributed by atoms with Crippen LogP contribution in [0, 0.1) is 11.8 Å². The average Bonchev–Trinajstić information content (AvgIpc) is 2.46. The molecule has 0 saturated heterocycles. The van der Waals surface area contributed by atoms with E-state index < -0.39 is 0 Å². The van der Waals surface area contributed by atoms with Crippen LogP contribution < -0.4 is 0 Å². The van der Waals surface area contributed by atoms with Crippen molar-refractivity contribution in [2.24, 2.45) is 11.8 Å². The maximum absolute atomic E-state index is 2.43. The lowest BCUT2D eigenvalue weighted by Gasteiger charge is -2.14. The number of hydrogen-bond acceptors (Lipinski definition) is 0. The van der Waals surface area contributed by atoms with Crippen LogP contribution in [0.15, 0.2) is 23.3 Å². The second-order valence-corrected chi connectivity index (χ2v) is 3.43. The molecule has 2 unspecified atom stereocenters. The molecular formula is C10H14. The van der Waals surface area contributed by atoms with Gasteiger partial charge in [-0.05, 0) is 31.6 Å². The van der Waals surface area contributed by atoms with Gasteiger partial charge in [-0.2, -0.15) is 0 Å². The Morgan fingerprint density at radius 3 is 2.80 bits per heavy atom. The van der Waals surface area contributed by atoms with Gasteiger partial charge in [0.05, 0.1) is 0 Å². The average molecular weight is 134 g/mol. The van der Waals surface area contributed by atoms with E-state index in [0.29, 0.717) is 0 Å². The van der Waals surface area contributed by atoms with E-state index in [4.69, 9.17) is 0 Å². The standard InChI is InChI=1S/C10H14/c1-3-10-7(2)8-4-5-9(10)6-8/h3-4,7,9H,5-6H2,1-2H3. The molecule has 0 aromatic carbocycles. The Hall–Kier alpha value is -0.520. The molecule has 0 spiro atoms. The van der Waals surface area contributed by atoms with Crippen LogP contribution in [0.5, 0.6) is 0 Å². The highest BCUT2D eigenvalue weighted by atomic mass is 14.4. The third-order valence-electron chi connectivity index (χ3n) is 3.01. The first-order chi connectivity index (χ1) is 4.83. The smallest absolute Gasteiger partial charge is 0.00183 e. The molecule has 1 saturated carbocycles. The van der Waals surface area contributed by atoms with Crippen LogP contribution in [0.1, 0.15) is 26.7 Å². The van der Waals surface area contributed by atoms with E-state index in [-0.39, 0.29) is 0 Å². The summed E-state index contributed by atoms with van der Waals surface area (Å²) in [4.78, 5) is 0. The minimum Gasteiger partial charge on any atom is -0.0876 e. The highest BCUT2D eigenvalue weighted by Crippen LogP contribution is 2.47. The summed E-state index contributed by atoms with van der Waals surface area (Å²) >= 11 is 0. The van der Waals surface area contributed by atoms with Gasteiger partial charge in [-0.15, -0.1) is 0 Å². The Balaban J connectivity index is 2.37. The van der Waals surface area contributed by atoms with Crippen LogP contribution in [0.2, 0.25) is 0 Å². The first-order valence-corrected chi connectivity index (χ1v) is 4.18. The maximum atomic E-state index is 2.43. The maximum Gasteiger partial charge on any atom is -0.00183 e. The fourth-order valence-corrected chi connectivity index (χ4v) is 2.41. The summed E-state index contributed by atoms with van der Waals surface area (Å²) in [7, 11) is 0. The molecule has 10 heavy (non-hydrogen) atoms. The fraction of sp³-hybridized carbons (Fsp3) is 0.600. The summed E-state index contributed by atoms with van der Waals surface area (Å²) in [5, 5.41) is 0. The Bertz CT molecular complexity index is 208. The van der Waals surface area contributed by atoms with E-state index in [1.165, 1.54) is 12.8 Å². The second kappa shape index (κ2) is 1.98. The van der Waals surface area contributed by atoms with Crippen molar-refractivity contribution in [2.45, 2.75) is 26.7 Å². The van der Waals surface area contributed by atoms with Crippen molar-refractivity contribution in [3.8, 4) is 0 Å². The highest BCUT2D eigenvalue weighted by molar-refractivity contribution is 5.35. The number of hydrogen-bond donors (Lipinski definition) is 0. The van der Waals surface area contributed by atoms with Gasteiger partial charge in [-0.3, -0.25) is 0 Å². The topological polar surface area (TPSA) is 0 Å². The number of rotatable bonds is 0. The molecule has 0 amide bonds. The molecule has 0 radical (unpaired) electrons. The lowest BCUT2D eigenvalue weighted by Crippen LogP contribution is -2.01. The predicted molar refractivity (Wildman–Crippen MR) is 43.7 cm³/mol. The van der Waals surface area contributed by atoms with E-state index in [1.54, 1.807) is 11.1 Å². The monoisotopic (exact) mass is 134 g/mol. The molecule has 2 aliphatic rings. The van der Waals surface area contributed by atoms with Crippen molar-refractivity contribution in [2.75, 3.05) is 0 Å². The normalized spacial score (nSPS) is 41.0. The van der Waals surface area contributed by atoms with E-state index >= 15 is 0 Å². The van der Waals surface area contributed by atoms with E-state index in [1.807, 2.05) is 0 Å². The lowest BCUT2D eigenvalue weighted by atomic mass is 9.91. The first kappa shape index (κ1) is 6.21. The Morgan fingerprint density at radius 1 is 1.60 bits per heavy atom. The second-order valence-electron chi connectivity index (χ2n) is 3.43. The fourth-order valence-electron chi connectivity index (χ4n) is 2.41. The first-order valence-electron chi connectivity index (χ1n) is 4.18. The molecule has 2 bridgehead atoms. The van der Waals surface area contributed by atoms with Crippen molar-refractivity contribution >= 4 is 0 Å². The molecule has 2 rings (SSSR count). The third-order valence-corrected chi connectivity index (χ3v) is 3.01. The SMILES string of the molecule is CC=C1C2CC=C(C2)C1C. The van der Waals surface area contributed by atoms with Gasteiger partial charge in [0, 0.05) is 0 Å². The molecule has 1 fully saturated rings. The van der Waals surface area contributed by atoms with E-state index in [0.717, 1.165) is 11.8 Å². The van der Waals surface area contributed by atoms with Crippen molar-refractivity contribution in [3.05, 3.63) is 23.3 Å². The van der Waals surface area contributed by atoms with Crippen molar-refractivity contribution in [1.82, 2.24) is 0 Å². The quantitative estimate of drug-likeness (QED) is 0.447. The molecule has 0 aliphatic heterocycles. The predicted octanol–water partition coefficient (Wildman–Crippen LogP) is 2.92. The lowest BCUT2D eigenvalue weighted by molar-refractivity contribution is 0.664. The largest absolute Gasteiger partial charge is 0.0876 e. The van der Waals surface area contributed by atoms with Crippen LogP contribution >= 0.6 is 0 Å². The zero-order valence-corrected chi connectivity index (χ0v) is 6.72. The van der Waals surface area contributed by atoms with Crippen LogP contribution in [-0.4, -0.2) is 0 Å². The Morgan fingerprint density at radius 2 is 2.40 bits per heavy atom. The molecule has 0 heterocycles. The minimum absolute atomic E-state index is 0.781. The molecule has 0 nitrogen and oxygen atoms in total. The number of fused-ring (bicyclic) bond motifs is 2. The van der Waals surface area contributed by atoms with Gasteiger partial charge in [-0.25, -0.2) is 0 Å². The van der Waals surface area contributed by atoms with E-state index in [2.05, 4.69) is 26.0 Å². The van der Waals surface area contributed by atoms with Crippen molar-refractivity contribution < 1.29 is 0 Å². The van der Waals surface area contributed by atoms with Crippen molar-refractivity contribution in [3.63, 3.8) is 0 Å². The zero-order chi connectivity index (χ0) is 7.14. The van der Waals surface area contributed by atoms with Gasteiger partial charge in [0.2, 0.25) is 0 Å². The summed E-state index contributed by atoms with van der Waals surface area (Å²) in [6.07, 6.45) is 7.43. The van der Waals surface area contributed by atoms with Gasteiger partial charge >= 0.3 is 0 Å². The number of allylic oxidation sites excluding steroid dienone is 4. The highest BCUT2D eigenvalue weighted by Gasteiger charge is 2.33. The van der Waals surface area contributed by atoms with Crippen LogP contribution in [0.4, 0.5) is 0 Å². The Labute approximate surface area is 62.6 Å². The molecule has 0 aromatic heterocycles. The molecule has 0 heteroatoms. The molecule has 54 valence electrons. The summed E-state index contributed by atoms with van der Waals surface area (Å²) in [5.41, 5.74) is 3.38. The van der Waals surface area contributed by atoms with Crippen LogP contribution in [0.25, 0.3) is 0 Å². The van der Waals surface area contributed by atoms with Gasteiger partial charge in [-0.1, -0.05) is 30.2 Å². The summed E-state index contributed by atoms with van der Waals surface area (Å²) in [6.45, 7) is 4.51. The zero-order valence-electron chi connectivity index (χ0n) is 6.72. The van der Waals surface area contributed by atoms with Gasteiger partial charge in [0.1, 0.15) is 0 Å². The molecule has 2 atom stereocenters. The van der Waals surface area contributed by atoms with Gasteiger partial charge < -0.3 is 0 Å². The molecule has 2 aliphatic carbocycles. The molecule has 0 aromatic rings. The summed E-state index contributed by atoms with van der Waals surface area (Å²) in [6, 6.07) is 0. The minimum atomic E-state index is 0.781. The van der Waals surface area contributed by atoms with Crippen LogP contribution in [-0.2, 0) is 0 Å².